The zero-order chi connectivity index (χ0) is 75.2. The molecule has 0 bridgehead atoms. The van der Waals surface area contributed by atoms with Crippen molar-refractivity contribution in [2.75, 3.05) is 0 Å². The van der Waals surface area contributed by atoms with Crippen molar-refractivity contribution in [2.45, 2.75) is 350 Å². The van der Waals surface area contributed by atoms with Gasteiger partial charge in [-0.05, 0) is 13.8 Å². The van der Waals surface area contributed by atoms with E-state index < -0.39 is 140 Å². The molecule has 16 heteroatoms. The average Bonchev–Trinajstić information content (AvgIpc) is 1.14. The zero-order valence-corrected chi connectivity index (χ0v) is 90.8. The van der Waals surface area contributed by atoms with Gasteiger partial charge < -0.3 is 0 Å². The smallest absolute Gasteiger partial charge is 0.0398 e. The first-order valence-corrected chi connectivity index (χ1v) is 99.3. The van der Waals surface area contributed by atoms with Crippen molar-refractivity contribution in [2.24, 2.45) is 0 Å². The Morgan fingerprint density at radius 3 is 0.521 bits per heavy atom. The predicted molar refractivity (Wildman–Crippen MR) is 496 cm³/mol. The number of rotatable bonds is 25. The Morgan fingerprint density at radius 2 is 0.417 bits per heavy atom. The quantitative estimate of drug-likeness (QED) is 0.0580. The molecule has 0 N–H and O–H groups in total. The van der Waals surface area contributed by atoms with E-state index in [2.05, 4.69) is 368 Å². The molecule has 6 rings (SSSR count). The minimum absolute atomic E-state index is 0.378. The predicted octanol–water partition coefficient (Wildman–Crippen LogP) is 26.8. The summed E-state index contributed by atoms with van der Waals surface area (Å²) in [7, 11) is -24.4. The zero-order valence-electron chi connectivity index (χ0n) is 72.6. The number of hydrogen-bond acceptors (Lipinski definition) is 0. The Labute approximate surface area is 621 Å². The molecule has 0 saturated carbocycles. The van der Waals surface area contributed by atoms with E-state index in [1.54, 1.807) is 31.5 Å². The normalized spacial score (nSPS) is 16.8. The van der Waals surface area contributed by atoms with Gasteiger partial charge >= 0.3 is 542 Å². The average molecular weight is 1660 g/mol. The maximum Gasteiger partial charge on any atom is -0.0398 e. The fourth-order valence-electron chi connectivity index (χ4n) is 25.3. The Morgan fingerprint density at radius 1 is 0.260 bits per heavy atom. The molecule has 2 heterocycles. The maximum absolute atomic E-state index is 3.20. The van der Waals surface area contributed by atoms with Crippen LogP contribution in [-0.4, -0.2) is 140 Å². The fourth-order valence-corrected chi connectivity index (χ4v) is 171. The van der Waals surface area contributed by atoms with E-state index in [0.29, 0.717) is 8.57 Å². The second-order valence-corrected chi connectivity index (χ2v) is 146. The Bertz CT molecular complexity index is 2780. The van der Waals surface area contributed by atoms with Crippen LogP contribution in [0.2, 0.25) is 306 Å². The van der Waals surface area contributed by atoms with Gasteiger partial charge in [-0.25, -0.2) is 0 Å². The summed E-state index contributed by atoms with van der Waals surface area (Å²) in [5.74, 6) is 0. The fraction of sp³-hybridized carbons (Fsp3) is 0.700. The Balaban J connectivity index is 0.00000123. The molecule has 0 aliphatic carbocycles. The van der Waals surface area contributed by atoms with Gasteiger partial charge in [-0.2, -0.15) is 0 Å². The SMILES string of the molecule is C[Si](C)(C)C(c1cc(C([Si](C)(C)C)([Si](C)(C)C)[Si](C)(C)C)cc(C([Si](C)(C)C)[Si](C)(C)C)[c]1[Ge]1([CH2][CH2][Ge]2([c]3c(C([Si](C)(C)C)[Si](C)(C)C)cc(C([Si](C)(C)C)([Si](C)(C)C)[Si](C)(C)C)cc3C([Si](C)(C)C)[Si](C)(C)C)[CH2][CH2]2)[CH2][CH2]1)[Si](C)(C)C.Cc1ccccc1.Cc1ccccc1. The van der Waals surface area contributed by atoms with Gasteiger partial charge in [0.25, 0.3) is 0 Å². The molecule has 2 aliphatic rings. The van der Waals surface area contributed by atoms with Crippen molar-refractivity contribution in [1.82, 2.24) is 0 Å². The van der Waals surface area contributed by atoms with Crippen LogP contribution in [0.4, 0.5) is 0 Å². The second-order valence-electron chi connectivity index (χ2n) is 47.1. The van der Waals surface area contributed by atoms with E-state index in [0.717, 1.165) is 20.7 Å². The van der Waals surface area contributed by atoms with Gasteiger partial charge in [0, 0.05) is 0 Å². The van der Waals surface area contributed by atoms with Gasteiger partial charge in [0.2, 0.25) is 0 Å². The second kappa shape index (κ2) is 29.6. The van der Waals surface area contributed by atoms with Crippen LogP contribution in [0.15, 0.2) is 84.9 Å². The van der Waals surface area contributed by atoms with Crippen LogP contribution < -0.4 is 8.79 Å². The number of benzene rings is 4. The van der Waals surface area contributed by atoms with Gasteiger partial charge in [-0.1, -0.05) is 71.8 Å². The molecule has 96 heavy (non-hydrogen) atoms. The standard InChI is InChI=1S/C66H146Ge2Si14.2C7H8/c1-69(2,3)61(70(4,5)6)55-49-53(65(77(25,26)27,78(28,29)30)79(31,32)33)50-56(62(71(7,8)9)72(10,11)12)59(55)67(43-44-67)47-48-68(45-46-68)60-57(63(73(13,14)15)74(16,17)18)51-54(52-58(60)64(75(19,20)21)76(22,23)24)66(80(34,35)36,81(37,38)39)82(40,41)42;2*1-7-5-3-2-4-6-7/h49-52,61-64H,43-48H2,1-42H3;2*2-6H,1H3. The molecular weight excluding hydrogens is 1500 g/mol. The molecule has 0 unspecified atom stereocenters. The van der Waals surface area contributed by atoms with E-state index in [-0.39, 0.29) is 0 Å². The minimum Gasteiger partial charge on any atom is -0.0622 e. The van der Waals surface area contributed by atoms with Crippen LogP contribution in [-0.2, 0) is 8.57 Å². The van der Waals surface area contributed by atoms with E-state index in [4.69, 9.17) is 0 Å². The van der Waals surface area contributed by atoms with Crippen molar-refractivity contribution in [3.05, 3.63) is 129 Å². The molecule has 2 fully saturated rings. The van der Waals surface area contributed by atoms with Gasteiger partial charge in [0.15, 0.2) is 0 Å². The molecule has 0 atom stereocenters. The van der Waals surface area contributed by atoms with Crippen molar-refractivity contribution in [3.8, 4) is 0 Å². The van der Waals surface area contributed by atoms with Crippen molar-refractivity contribution < 1.29 is 0 Å². The van der Waals surface area contributed by atoms with Gasteiger partial charge in [0.1, 0.15) is 0 Å². The van der Waals surface area contributed by atoms with E-state index in [1.165, 1.54) is 11.1 Å². The summed E-state index contributed by atoms with van der Waals surface area (Å²) >= 11 is -5.38. The van der Waals surface area contributed by atoms with Crippen LogP contribution in [0.5, 0.6) is 0 Å². The molecule has 0 aromatic heterocycles. The molecular formula is C80H162Ge2Si14. The van der Waals surface area contributed by atoms with Crippen LogP contribution in [0.1, 0.15) is 65.2 Å². The first-order chi connectivity index (χ1) is 42.3. The molecule has 0 radical (unpaired) electrons. The first kappa shape index (κ1) is 89.4. The summed E-state index contributed by atoms with van der Waals surface area (Å²) in [6, 6.07) is 33.3. The topological polar surface area (TPSA) is 0 Å². The summed E-state index contributed by atoms with van der Waals surface area (Å²) in [6.07, 6.45) is 0. The minimum atomic E-state index is -2.69. The van der Waals surface area contributed by atoms with E-state index in [1.807, 2.05) is 47.5 Å². The molecule has 4 aromatic rings. The molecule has 4 aromatic carbocycles. The molecule has 0 amide bonds. The summed E-state index contributed by atoms with van der Waals surface area (Å²) < 4.78 is 5.19. The van der Waals surface area contributed by atoms with Crippen molar-refractivity contribution >= 4 is 148 Å². The van der Waals surface area contributed by atoms with Crippen LogP contribution in [0.3, 0.4) is 0 Å². The van der Waals surface area contributed by atoms with Gasteiger partial charge in [-0.3, -0.25) is 0 Å². The molecule has 0 nitrogen and oxygen atoms in total. The molecule has 2 aliphatic heterocycles. The van der Waals surface area contributed by atoms with Crippen LogP contribution in [0, 0.1) is 13.8 Å². The third-order valence-corrected chi connectivity index (χ3v) is 125. The Hall–Kier alpha value is 1.00. The van der Waals surface area contributed by atoms with Crippen molar-refractivity contribution in [3.63, 3.8) is 0 Å². The summed E-state index contributed by atoms with van der Waals surface area (Å²) in [5, 5.41) is 13.0. The molecule has 546 valence electrons. The van der Waals surface area contributed by atoms with E-state index in [9.17, 15) is 0 Å². The monoisotopic (exact) mass is 1660 g/mol. The summed E-state index contributed by atoms with van der Waals surface area (Å²) in [5.41, 5.74) is 14.7. The number of aryl methyl sites for hydroxylation is 2. The molecule has 2 saturated heterocycles. The third kappa shape index (κ3) is 19.4. The van der Waals surface area contributed by atoms with Gasteiger partial charge in [0.05, 0.1) is 0 Å². The number of hydrogen-bond donors (Lipinski definition) is 0. The maximum atomic E-state index is 3.20. The molecule has 0 spiro atoms. The summed E-state index contributed by atoms with van der Waals surface area (Å²) in [6.45, 7) is 124. The first-order valence-electron chi connectivity index (χ1n) is 38.7. The van der Waals surface area contributed by atoms with Crippen LogP contribution >= 0.6 is 0 Å². The van der Waals surface area contributed by atoms with Crippen LogP contribution in [0.25, 0.3) is 0 Å². The van der Waals surface area contributed by atoms with Gasteiger partial charge in [-0.15, -0.1) is 0 Å². The Kier molecular flexibility index (Phi) is 27.6. The van der Waals surface area contributed by atoms with Crippen molar-refractivity contribution in [1.29, 1.82) is 0 Å². The summed E-state index contributed by atoms with van der Waals surface area (Å²) in [4.78, 5) is 0. The van der Waals surface area contributed by atoms with E-state index >= 15 is 0 Å². The largest absolute Gasteiger partial charge is 0.0622 e. The third-order valence-electron chi connectivity index (χ3n) is 23.9.